The van der Waals surface area contributed by atoms with Crippen molar-refractivity contribution in [1.82, 2.24) is 19.4 Å². The van der Waals surface area contributed by atoms with Crippen LogP contribution in [0.5, 0.6) is 0 Å². The number of H-pyrrole nitrogens is 1. The summed E-state index contributed by atoms with van der Waals surface area (Å²) in [5, 5.41) is 11.5. The number of carboxylic acid groups (broad SMARTS) is 1. The lowest BCUT2D eigenvalue weighted by Gasteiger charge is -2.17. The Morgan fingerprint density at radius 1 is 1.23 bits per heavy atom. The summed E-state index contributed by atoms with van der Waals surface area (Å²) in [4.78, 5) is 48.1. The Morgan fingerprint density at radius 3 is 2.53 bits per heavy atom. The van der Waals surface area contributed by atoms with Crippen molar-refractivity contribution < 1.29 is 27.9 Å². The van der Waals surface area contributed by atoms with Gasteiger partial charge in [-0.1, -0.05) is 0 Å². The number of carbonyl (C=O) groups is 2. The first kappa shape index (κ1) is 20.9. The van der Waals surface area contributed by atoms with Crippen LogP contribution in [0.25, 0.3) is 16.7 Å². The second-order valence-electron chi connectivity index (χ2n) is 6.46. The minimum atomic E-state index is -4.81. The van der Waals surface area contributed by atoms with Crippen molar-refractivity contribution in [3.05, 3.63) is 62.4 Å². The number of aromatic amines is 1. The highest BCUT2D eigenvalue weighted by Gasteiger charge is 2.35. The van der Waals surface area contributed by atoms with Gasteiger partial charge in [-0.25, -0.2) is 0 Å². The molecule has 0 aliphatic heterocycles. The highest BCUT2D eigenvalue weighted by molar-refractivity contribution is 5.81. The van der Waals surface area contributed by atoms with E-state index in [9.17, 15) is 32.3 Å². The summed E-state index contributed by atoms with van der Waals surface area (Å²) in [5.74, 6) is -1.75. The molecule has 3 rings (SSSR count). The fourth-order valence-electron chi connectivity index (χ4n) is 2.96. The van der Waals surface area contributed by atoms with Crippen molar-refractivity contribution in [2.24, 2.45) is 0 Å². The molecule has 158 valence electrons. The zero-order valence-electron chi connectivity index (χ0n) is 15.4. The van der Waals surface area contributed by atoms with E-state index in [-0.39, 0.29) is 29.2 Å². The van der Waals surface area contributed by atoms with Crippen LogP contribution in [-0.2, 0) is 28.9 Å². The molecular weight excluding hydrogens is 409 g/mol. The van der Waals surface area contributed by atoms with E-state index in [4.69, 9.17) is 5.11 Å². The first-order chi connectivity index (χ1) is 14.0. The van der Waals surface area contributed by atoms with Gasteiger partial charge in [0.15, 0.2) is 0 Å². The normalized spacial score (nSPS) is 11.6. The third-order valence-corrected chi connectivity index (χ3v) is 4.26. The van der Waals surface area contributed by atoms with Gasteiger partial charge >= 0.3 is 23.3 Å². The maximum Gasteiger partial charge on any atom is 0.418 e. The summed E-state index contributed by atoms with van der Waals surface area (Å²) < 4.78 is 42.8. The van der Waals surface area contributed by atoms with Crippen molar-refractivity contribution >= 4 is 22.9 Å². The zero-order chi connectivity index (χ0) is 22.2. The Bertz CT molecular complexity index is 1270. The van der Waals surface area contributed by atoms with E-state index in [1.54, 1.807) is 0 Å². The Labute approximate surface area is 165 Å². The predicted molar refractivity (Wildman–Crippen MR) is 98.3 cm³/mol. The first-order valence-electron chi connectivity index (χ1n) is 8.49. The predicted octanol–water partition coefficient (Wildman–Crippen LogP) is 1.22. The van der Waals surface area contributed by atoms with Gasteiger partial charge in [0, 0.05) is 25.9 Å². The number of hydrogen-bond donors (Lipinski definition) is 3. The molecule has 12 heteroatoms. The van der Waals surface area contributed by atoms with Crippen molar-refractivity contribution in [1.29, 1.82) is 0 Å². The van der Waals surface area contributed by atoms with E-state index >= 15 is 0 Å². The van der Waals surface area contributed by atoms with Crippen LogP contribution in [0.15, 0.2) is 40.2 Å². The maximum atomic E-state index is 13.7. The van der Waals surface area contributed by atoms with E-state index in [0.717, 1.165) is 10.6 Å². The molecule has 1 amide bonds. The lowest BCUT2D eigenvalue weighted by molar-refractivity contribution is -0.138. The molecule has 30 heavy (non-hydrogen) atoms. The van der Waals surface area contributed by atoms with E-state index in [0.29, 0.717) is 16.2 Å². The van der Waals surface area contributed by atoms with E-state index in [2.05, 4.69) is 10.3 Å². The minimum absolute atomic E-state index is 0.0916. The van der Waals surface area contributed by atoms with E-state index in [1.165, 1.54) is 25.4 Å². The SMILES string of the molecule is CC(=O)NCc1ccn(-c2cc3c(cc2C(F)(F)F)[nH]c(=O)c(=O)n3CC(=O)O)c1. The van der Waals surface area contributed by atoms with Crippen LogP contribution in [0.3, 0.4) is 0 Å². The first-order valence-corrected chi connectivity index (χ1v) is 8.49. The van der Waals surface area contributed by atoms with Gasteiger partial charge < -0.3 is 20.0 Å². The molecule has 0 saturated heterocycles. The largest absolute Gasteiger partial charge is 0.480 e. The number of rotatable bonds is 5. The molecule has 0 bridgehead atoms. The van der Waals surface area contributed by atoms with Crippen molar-refractivity contribution in [3.63, 3.8) is 0 Å². The number of nitrogens with zero attached hydrogens (tertiary/aromatic N) is 2. The molecule has 0 unspecified atom stereocenters. The van der Waals surface area contributed by atoms with Crippen LogP contribution >= 0.6 is 0 Å². The summed E-state index contributed by atoms with van der Waals surface area (Å²) in [6, 6.07) is 3.13. The van der Waals surface area contributed by atoms with Crippen LogP contribution in [0, 0.1) is 0 Å². The Hall–Kier alpha value is -3.83. The molecule has 9 nitrogen and oxygen atoms in total. The fraction of sp³-hybridized carbons (Fsp3) is 0.222. The molecule has 2 heterocycles. The van der Waals surface area contributed by atoms with Crippen molar-refractivity contribution in [2.45, 2.75) is 26.2 Å². The number of benzene rings is 1. The van der Waals surface area contributed by atoms with Crippen molar-refractivity contribution in [3.8, 4) is 5.69 Å². The molecule has 0 aliphatic carbocycles. The third-order valence-electron chi connectivity index (χ3n) is 4.26. The molecule has 0 fully saturated rings. The van der Waals surface area contributed by atoms with Crippen LogP contribution in [0.4, 0.5) is 13.2 Å². The molecule has 0 radical (unpaired) electrons. The molecule has 3 aromatic rings. The second-order valence-corrected chi connectivity index (χ2v) is 6.46. The number of alkyl halides is 3. The number of fused-ring (bicyclic) bond motifs is 1. The smallest absolute Gasteiger partial charge is 0.418 e. The number of halogens is 3. The van der Waals surface area contributed by atoms with Gasteiger partial charge in [-0.15, -0.1) is 0 Å². The summed E-state index contributed by atoms with van der Waals surface area (Å²) >= 11 is 0. The minimum Gasteiger partial charge on any atom is -0.480 e. The Morgan fingerprint density at radius 2 is 1.93 bits per heavy atom. The third kappa shape index (κ3) is 4.11. The number of carbonyl (C=O) groups excluding carboxylic acids is 1. The second kappa shape index (κ2) is 7.54. The van der Waals surface area contributed by atoms with Crippen LogP contribution in [0.2, 0.25) is 0 Å². The quantitative estimate of drug-likeness (QED) is 0.531. The van der Waals surface area contributed by atoms with Crippen LogP contribution < -0.4 is 16.4 Å². The van der Waals surface area contributed by atoms with Crippen LogP contribution in [0.1, 0.15) is 18.1 Å². The van der Waals surface area contributed by atoms with Gasteiger partial charge in [0.1, 0.15) is 6.54 Å². The number of nitrogens with one attached hydrogen (secondary N) is 2. The highest BCUT2D eigenvalue weighted by atomic mass is 19.4. The van der Waals surface area contributed by atoms with Gasteiger partial charge in [-0.3, -0.25) is 23.7 Å². The summed E-state index contributed by atoms with van der Waals surface area (Å²) in [6.07, 6.45) is -2.12. The molecule has 0 atom stereocenters. The average Bonchev–Trinajstić information content (AvgIpc) is 3.11. The fourth-order valence-corrected chi connectivity index (χ4v) is 2.96. The maximum absolute atomic E-state index is 13.7. The standard InChI is InChI=1S/C18H15F3N4O5/c1-9(26)22-6-10-2-3-24(7-10)13-5-14-12(4-11(13)18(19,20)21)23-16(29)17(30)25(14)8-15(27)28/h2-5,7H,6,8H2,1H3,(H,22,26)(H,23,29)(H,27,28). The molecule has 0 aliphatic rings. The summed E-state index contributed by atoms with van der Waals surface area (Å²) in [5.41, 5.74) is -3.91. The zero-order valence-corrected chi connectivity index (χ0v) is 15.4. The summed E-state index contributed by atoms with van der Waals surface area (Å²) in [6.45, 7) is 0.488. The molecule has 3 N–H and O–H groups in total. The molecule has 2 aromatic heterocycles. The molecule has 0 saturated carbocycles. The van der Waals surface area contributed by atoms with Gasteiger partial charge in [-0.2, -0.15) is 13.2 Å². The molecule has 0 spiro atoms. The number of carboxylic acids is 1. The van der Waals surface area contributed by atoms with Gasteiger partial charge in [0.05, 0.1) is 22.3 Å². The number of aromatic nitrogens is 3. The lowest BCUT2D eigenvalue weighted by atomic mass is 10.1. The monoisotopic (exact) mass is 424 g/mol. The van der Waals surface area contributed by atoms with Crippen LogP contribution in [-0.4, -0.2) is 31.1 Å². The summed E-state index contributed by atoms with van der Waals surface area (Å²) in [7, 11) is 0. The topological polar surface area (TPSA) is 126 Å². The highest BCUT2D eigenvalue weighted by Crippen LogP contribution is 2.36. The van der Waals surface area contributed by atoms with Gasteiger partial charge in [-0.05, 0) is 23.8 Å². The number of amides is 1. The molecule has 1 aromatic carbocycles. The van der Waals surface area contributed by atoms with Gasteiger partial charge in [0.25, 0.3) is 0 Å². The Kier molecular flexibility index (Phi) is 5.25. The Balaban J connectivity index is 2.27. The van der Waals surface area contributed by atoms with E-state index < -0.39 is 35.4 Å². The number of hydrogen-bond acceptors (Lipinski definition) is 4. The number of aliphatic carboxylic acids is 1. The lowest BCUT2D eigenvalue weighted by Crippen LogP contribution is -2.38. The average molecular weight is 424 g/mol. The van der Waals surface area contributed by atoms with Crippen molar-refractivity contribution in [2.75, 3.05) is 0 Å². The van der Waals surface area contributed by atoms with E-state index in [1.807, 2.05) is 0 Å². The van der Waals surface area contributed by atoms with Gasteiger partial charge in [0.2, 0.25) is 5.91 Å². The molecular formula is C18H15F3N4O5.